The van der Waals surface area contributed by atoms with Crippen molar-refractivity contribution in [3.8, 4) is 0 Å². The van der Waals surface area contributed by atoms with Gasteiger partial charge in [-0.3, -0.25) is 14.5 Å². The predicted molar refractivity (Wildman–Crippen MR) is 90.3 cm³/mol. The number of thiophene rings is 1. The summed E-state index contributed by atoms with van der Waals surface area (Å²) < 4.78 is 1.18. The van der Waals surface area contributed by atoms with Crippen LogP contribution in [0.15, 0.2) is 29.6 Å². The summed E-state index contributed by atoms with van der Waals surface area (Å²) in [6.45, 7) is 0. The van der Waals surface area contributed by atoms with Crippen LogP contribution in [0.4, 0.5) is 0 Å². The maximum Gasteiger partial charge on any atom is 0.260 e. The van der Waals surface area contributed by atoms with Gasteiger partial charge in [0, 0.05) is 12.6 Å². The Morgan fingerprint density at radius 3 is 2.71 bits per heavy atom. The lowest BCUT2D eigenvalue weighted by Crippen LogP contribution is -2.39. The molecular weight excluding hydrogens is 399 g/mol. The third kappa shape index (κ3) is 2.63. The Bertz CT molecular complexity index is 741. The Hall–Kier alpha value is -1.25. The molecule has 1 aliphatic rings. The van der Waals surface area contributed by atoms with Crippen LogP contribution < -0.4 is 5.73 Å². The van der Waals surface area contributed by atoms with Gasteiger partial charge in [-0.15, -0.1) is 11.3 Å². The zero-order valence-electron chi connectivity index (χ0n) is 11.3. The molecule has 108 valence electrons. The number of hydrogen-bond donors (Lipinski definition) is 1. The van der Waals surface area contributed by atoms with Crippen LogP contribution in [-0.2, 0) is 11.2 Å². The topological polar surface area (TPSA) is 63.4 Å². The van der Waals surface area contributed by atoms with Crippen LogP contribution in [0.3, 0.4) is 0 Å². The van der Waals surface area contributed by atoms with E-state index in [1.165, 1.54) is 14.8 Å². The molecule has 1 atom stereocenters. The van der Waals surface area contributed by atoms with E-state index in [9.17, 15) is 9.59 Å². The molecule has 21 heavy (non-hydrogen) atoms. The fourth-order valence-corrected chi connectivity index (χ4v) is 3.80. The molecule has 2 N–H and O–H groups in total. The Kier molecular flexibility index (Phi) is 3.85. The Morgan fingerprint density at radius 1 is 1.29 bits per heavy atom. The Labute approximate surface area is 140 Å². The van der Waals surface area contributed by atoms with E-state index < -0.39 is 0 Å². The number of nitrogens with two attached hydrogens (primary N) is 1. The Morgan fingerprint density at radius 2 is 2.05 bits per heavy atom. The summed E-state index contributed by atoms with van der Waals surface area (Å²) in [5.74, 6) is -0.424. The number of imide groups is 1. The molecule has 0 aliphatic carbocycles. The van der Waals surface area contributed by atoms with E-state index in [1.54, 1.807) is 11.3 Å². The molecule has 1 unspecified atom stereocenters. The average molecular weight is 412 g/mol. The highest BCUT2D eigenvalue weighted by atomic mass is 127. The number of benzene rings is 1. The van der Waals surface area contributed by atoms with Gasteiger partial charge < -0.3 is 5.73 Å². The molecule has 1 aromatic heterocycles. The van der Waals surface area contributed by atoms with Crippen LogP contribution in [0.25, 0.3) is 0 Å². The lowest BCUT2D eigenvalue weighted by molar-refractivity contribution is -0.127. The highest BCUT2D eigenvalue weighted by molar-refractivity contribution is 14.1. The zero-order valence-corrected chi connectivity index (χ0v) is 14.3. The van der Waals surface area contributed by atoms with Crippen molar-refractivity contribution < 1.29 is 9.59 Å². The van der Waals surface area contributed by atoms with Crippen molar-refractivity contribution in [1.82, 2.24) is 4.90 Å². The standard InChI is InChI=1S/C15H13IN2O2S/c1-18-13(19)6-8-2-3-9(4-11(8)15(18)20)14(17)10-5-12(16)21-7-10/h2-5,7,14H,6,17H2,1H3. The van der Waals surface area contributed by atoms with E-state index in [0.29, 0.717) is 5.56 Å². The molecular formula is C15H13IN2O2S. The predicted octanol–water partition coefficient (Wildman–Crippen LogP) is 2.56. The molecule has 4 nitrogen and oxygen atoms in total. The smallest absolute Gasteiger partial charge is 0.260 e. The molecule has 1 aromatic carbocycles. The van der Waals surface area contributed by atoms with Gasteiger partial charge >= 0.3 is 0 Å². The number of fused-ring (bicyclic) bond motifs is 1. The van der Waals surface area contributed by atoms with Crippen molar-refractivity contribution in [3.05, 3.63) is 54.8 Å². The molecule has 6 heteroatoms. The maximum atomic E-state index is 12.2. The molecule has 2 aromatic rings. The van der Waals surface area contributed by atoms with Gasteiger partial charge in [-0.05, 0) is 56.8 Å². The molecule has 3 rings (SSSR count). The first-order valence-corrected chi connectivity index (χ1v) is 8.36. The van der Waals surface area contributed by atoms with Gasteiger partial charge in [0.05, 0.1) is 15.3 Å². The van der Waals surface area contributed by atoms with Crippen molar-refractivity contribution in [2.75, 3.05) is 7.05 Å². The van der Waals surface area contributed by atoms with Crippen molar-refractivity contribution in [2.24, 2.45) is 5.73 Å². The normalized spacial score (nSPS) is 16.0. The van der Waals surface area contributed by atoms with Crippen molar-refractivity contribution in [1.29, 1.82) is 0 Å². The molecule has 2 amide bonds. The number of carbonyl (C=O) groups is 2. The fourth-order valence-electron chi connectivity index (χ4n) is 2.40. The van der Waals surface area contributed by atoms with Crippen molar-refractivity contribution >= 4 is 45.7 Å². The summed E-state index contributed by atoms with van der Waals surface area (Å²) in [6.07, 6.45) is 0.267. The lowest BCUT2D eigenvalue weighted by atomic mass is 9.93. The van der Waals surface area contributed by atoms with E-state index in [-0.39, 0.29) is 24.3 Å². The third-order valence-electron chi connectivity index (χ3n) is 3.69. The highest BCUT2D eigenvalue weighted by Gasteiger charge is 2.28. The molecule has 0 fully saturated rings. The SMILES string of the molecule is CN1C(=O)Cc2ccc(C(N)c3csc(I)c3)cc2C1=O. The molecule has 0 saturated carbocycles. The van der Waals surface area contributed by atoms with Crippen LogP contribution in [0.2, 0.25) is 0 Å². The van der Waals surface area contributed by atoms with Crippen LogP contribution in [-0.4, -0.2) is 23.8 Å². The minimum absolute atomic E-state index is 0.170. The van der Waals surface area contributed by atoms with Crippen LogP contribution >= 0.6 is 33.9 Å². The van der Waals surface area contributed by atoms with E-state index in [4.69, 9.17) is 5.73 Å². The van der Waals surface area contributed by atoms with Crippen LogP contribution in [0.1, 0.15) is 33.1 Å². The summed E-state index contributed by atoms with van der Waals surface area (Å²) >= 11 is 3.90. The number of halogens is 1. The van der Waals surface area contributed by atoms with E-state index in [1.807, 2.05) is 29.6 Å². The summed E-state index contributed by atoms with van der Waals surface area (Å²) in [5.41, 5.74) is 9.56. The van der Waals surface area contributed by atoms with E-state index in [2.05, 4.69) is 22.6 Å². The highest BCUT2D eigenvalue weighted by Crippen LogP contribution is 2.28. The second-order valence-electron chi connectivity index (χ2n) is 5.01. The largest absolute Gasteiger partial charge is 0.320 e. The number of rotatable bonds is 2. The second kappa shape index (κ2) is 5.51. The van der Waals surface area contributed by atoms with Gasteiger partial charge in [0.25, 0.3) is 5.91 Å². The van der Waals surface area contributed by atoms with Crippen LogP contribution in [0.5, 0.6) is 0 Å². The van der Waals surface area contributed by atoms with Gasteiger partial charge in [0.2, 0.25) is 5.91 Å². The molecule has 0 radical (unpaired) electrons. The van der Waals surface area contributed by atoms with Gasteiger partial charge in [0.1, 0.15) is 0 Å². The summed E-state index contributed by atoms with van der Waals surface area (Å²) in [5, 5.41) is 2.03. The van der Waals surface area contributed by atoms with Gasteiger partial charge in [-0.1, -0.05) is 12.1 Å². The molecule has 1 aliphatic heterocycles. The molecule has 0 bridgehead atoms. The second-order valence-corrected chi connectivity index (χ2v) is 7.82. The van der Waals surface area contributed by atoms with Gasteiger partial charge in [-0.25, -0.2) is 0 Å². The van der Waals surface area contributed by atoms with Gasteiger partial charge in [-0.2, -0.15) is 0 Å². The monoisotopic (exact) mass is 412 g/mol. The van der Waals surface area contributed by atoms with Crippen molar-refractivity contribution in [3.63, 3.8) is 0 Å². The molecule has 0 saturated heterocycles. The molecule has 0 spiro atoms. The fraction of sp³-hybridized carbons (Fsp3) is 0.200. The number of nitrogens with zero attached hydrogens (tertiary/aromatic N) is 1. The van der Waals surface area contributed by atoms with Gasteiger partial charge in [0.15, 0.2) is 0 Å². The number of amides is 2. The first-order chi connectivity index (χ1) is 9.97. The summed E-state index contributed by atoms with van der Waals surface area (Å²) in [4.78, 5) is 25.1. The lowest BCUT2D eigenvalue weighted by Gasteiger charge is -2.24. The number of hydrogen-bond acceptors (Lipinski definition) is 4. The van der Waals surface area contributed by atoms with Crippen LogP contribution in [0, 0.1) is 2.88 Å². The summed E-state index contributed by atoms with van der Waals surface area (Å²) in [7, 11) is 1.52. The zero-order chi connectivity index (χ0) is 15.1. The first kappa shape index (κ1) is 14.7. The minimum atomic E-state index is -0.259. The average Bonchev–Trinajstić information content (AvgIpc) is 2.90. The van der Waals surface area contributed by atoms with E-state index >= 15 is 0 Å². The third-order valence-corrected chi connectivity index (χ3v) is 5.50. The van der Waals surface area contributed by atoms with E-state index in [0.717, 1.165) is 16.7 Å². The number of likely N-dealkylation sites (N-methyl/N-ethyl adjacent to an activating group) is 1. The molecule has 2 heterocycles. The Balaban J connectivity index is 2.00. The quantitative estimate of drug-likeness (QED) is 0.609. The maximum absolute atomic E-state index is 12.2. The first-order valence-electron chi connectivity index (χ1n) is 6.40. The minimum Gasteiger partial charge on any atom is -0.320 e. The number of carbonyl (C=O) groups excluding carboxylic acids is 2. The van der Waals surface area contributed by atoms with Crippen molar-refractivity contribution in [2.45, 2.75) is 12.5 Å². The summed E-state index contributed by atoms with van der Waals surface area (Å²) in [6, 6.07) is 7.35.